The second kappa shape index (κ2) is 7.69. The Bertz CT molecular complexity index is 2220. The summed E-state index contributed by atoms with van der Waals surface area (Å²) in [5.74, 6) is 1.84. The number of hydrogen-bond donors (Lipinski definition) is 0. The summed E-state index contributed by atoms with van der Waals surface area (Å²) < 4.78 is 6.41. The van der Waals surface area contributed by atoms with Gasteiger partial charge in [0.25, 0.3) is 0 Å². The van der Waals surface area contributed by atoms with Crippen LogP contribution in [0.2, 0.25) is 0 Å². The third-order valence-electron chi connectivity index (χ3n) is 8.40. The molecular formula is C38H22O. The van der Waals surface area contributed by atoms with Crippen LogP contribution in [0.25, 0.3) is 76.5 Å². The number of benzene rings is 8. The minimum absolute atomic E-state index is 0.916. The van der Waals surface area contributed by atoms with Crippen LogP contribution in [-0.4, -0.2) is 0 Å². The van der Waals surface area contributed by atoms with Crippen LogP contribution < -0.4 is 4.74 Å². The average molecular weight is 495 g/mol. The van der Waals surface area contributed by atoms with Crippen molar-refractivity contribution in [1.82, 2.24) is 0 Å². The normalized spacial score (nSPS) is 12.3. The van der Waals surface area contributed by atoms with Gasteiger partial charge in [-0.05, 0) is 83.7 Å². The van der Waals surface area contributed by atoms with Crippen molar-refractivity contribution in [2.45, 2.75) is 0 Å². The minimum atomic E-state index is 0.916. The zero-order valence-electron chi connectivity index (χ0n) is 21.1. The Hall–Kier alpha value is -5.14. The van der Waals surface area contributed by atoms with E-state index in [-0.39, 0.29) is 0 Å². The molecule has 0 spiro atoms. The van der Waals surface area contributed by atoms with Crippen molar-refractivity contribution >= 4 is 43.1 Å². The fourth-order valence-electron chi connectivity index (χ4n) is 6.59. The molecule has 0 bridgehead atoms. The van der Waals surface area contributed by atoms with Gasteiger partial charge in [-0.2, -0.15) is 0 Å². The Balaban J connectivity index is 1.18. The summed E-state index contributed by atoms with van der Waals surface area (Å²) in [4.78, 5) is 0. The molecule has 1 aliphatic heterocycles. The van der Waals surface area contributed by atoms with Crippen LogP contribution in [0.4, 0.5) is 0 Å². The molecular weight excluding hydrogens is 472 g/mol. The first kappa shape index (κ1) is 20.9. The highest BCUT2D eigenvalue weighted by Gasteiger charge is 2.20. The molecule has 8 aromatic rings. The maximum atomic E-state index is 6.41. The second-order valence-electron chi connectivity index (χ2n) is 10.5. The lowest BCUT2D eigenvalue weighted by atomic mass is 9.89. The van der Waals surface area contributed by atoms with E-state index in [0.717, 1.165) is 22.6 Å². The topological polar surface area (TPSA) is 9.23 Å². The first-order valence-electron chi connectivity index (χ1n) is 13.4. The zero-order valence-corrected chi connectivity index (χ0v) is 21.1. The third kappa shape index (κ3) is 2.96. The number of ether oxygens (including phenoxy) is 1. The number of rotatable bonds is 2. The summed E-state index contributed by atoms with van der Waals surface area (Å²) >= 11 is 0. The molecule has 0 fully saturated rings. The molecule has 1 heterocycles. The van der Waals surface area contributed by atoms with Gasteiger partial charge in [-0.1, -0.05) is 115 Å². The summed E-state index contributed by atoms with van der Waals surface area (Å²) in [6.45, 7) is 0. The maximum absolute atomic E-state index is 6.41. The minimum Gasteiger partial charge on any atom is -0.456 e. The second-order valence-corrected chi connectivity index (χ2v) is 10.5. The molecule has 0 aliphatic carbocycles. The average Bonchev–Trinajstić information content (AvgIpc) is 3.00. The van der Waals surface area contributed by atoms with Crippen LogP contribution in [-0.2, 0) is 0 Å². The van der Waals surface area contributed by atoms with Crippen LogP contribution in [0.5, 0.6) is 11.5 Å². The van der Waals surface area contributed by atoms with Gasteiger partial charge in [0.2, 0.25) is 0 Å². The standard InChI is InChI=1S/C38H22O/c1-2-10-34-31(8-1)32-9-4-7-28-21-29(22-35(39-34)37(28)32)23-11-13-24(14-12-23)30-19-17-27-16-15-25-5-3-6-26-18-20-33(30)38(27)36(25)26/h1-22H. The molecule has 0 atom stereocenters. The van der Waals surface area contributed by atoms with Gasteiger partial charge in [0.05, 0.1) is 0 Å². The molecule has 0 radical (unpaired) electrons. The highest BCUT2D eigenvalue weighted by molar-refractivity contribution is 6.25. The van der Waals surface area contributed by atoms with Crippen molar-refractivity contribution in [3.63, 3.8) is 0 Å². The molecule has 1 heteroatoms. The molecule has 0 amide bonds. The molecule has 0 saturated heterocycles. The molecule has 0 unspecified atom stereocenters. The van der Waals surface area contributed by atoms with Crippen molar-refractivity contribution in [2.24, 2.45) is 0 Å². The van der Waals surface area contributed by atoms with Gasteiger partial charge >= 0.3 is 0 Å². The lowest BCUT2D eigenvalue weighted by Gasteiger charge is -2.22. The van der Waals surface area contributed by atoms with Crippen molar-refractivity contribution in [2.75, 3.05) is 0 Å². The molecule has 9 rings (SSSR count). The van der Waals surface area contributed by atoms with Crippen LogP contribution in [0.1, 0.15) is 0 Å². The Labute approximate surface area is 225 Å². The summed E-state index contributed by atoms with van der Waals surface area (Å²) in [5, 5.41) is 10.3. The third-order valence-corrected chi connectivity index (χ3v) is 8.40. The fraction of sp³-hybridized carbons (Fsp3) is 0. The lowest BCUT2D eigenvalue weighted by molar-refractivity contribution is 0.487. The van der Waals surface area contributed by atoms with Crippen LogP contribution in [0, 0.1) is 0 Å². The van der Waals surface area contributed by atoms with E-state index in [1.54, 1.807) is 0 Å². The Kier molecular flexibility index (Phi) is 4.11. The molecule has 180 valence electrons. The number of fused-ring (bicyclic) bond motifs is 2. The van der Waals surface area contributed by atoms with E-state index in [0.29, 0.717) is 0 Å². The highest BCUT2D eigenvalue weighted by Crippen LogP contribution is 2.48. The SMILES string of the molecule is c1ccc2c(c1)Oc1cc(-c3ccc(-c4ccc5ccc6cccc7ccc4c5c67)cc3)cc3cccc-2c13. The van der Waals surface area contributed by atoms with Crippen LogP contribution >= 0.6 is 0 Å². The Morgan fingerprint density at radius 1 is 0.333 bits per heavy atom. The van der Waals surface area contributed by atoms with Gasteiger partial charge in [-0.3, -0.25) is 0 Å². The highest BCUT2D eigenvalue weighted by atomic mass is 16.5. The van der Waals surface area contributed by atoms with E-state index in [2.05, 4.69) is 127 Å². The number of para-hydroxylation sites is 1. The summed E-state index contributed by atoms with van der Waals surface area (Å²) in [6.07, 6.45) is 0. The van der Waals surface area contributed by atoms with Crippen molar-refractivity contribution in [3.05, 3.63) is 133 Å². The number of hydrogen-bond acceptors (Lipinski definition) is 1. The van der Waals surface area contributed by atoms with E-state index in [1.165, 1.54) is 65.3 Å². The van der Waals surface area contributed by atoms with Crippen molar-refractivity contribution in [1.29, 1.82) is 0 Å². The van der Waals surface area contributed by atoms with E-state index >= 15 is 0 Å². The summed E-state index contributed by atoms with van der Waals surface area (Å²) in [5.41, 5.74) is 7.23. The molecule has 8 aromatic carbocycles. The van der Waals surface area contributed by atoms with Gasteiger partial charge in [0.15, 0.2) is 0 Å². The fourth-order valence-corrected chi connectivity index (χ4v) is 6.59. The molecule has 39 heavy (non-hydrogen) atoms. The van der Waals surface area contributed by atoms with Gasteiger partial charge in [0.1, 0.15) is 11.5 Å². The first-order chi connectivity index (χ1) is 19.3. The monoisotopic (exact) mass is 494 g/mol. The van der Waals surface area contributed by atoms with Crippen molar-refractivity contribution < 1.29 is 4.74 Å². The first-order valence-corrected chi connectivity index (χ1v) is 13.4. The molecule has 1 aliphatic rings. The predicted octanol–water partition coefficient (Wildman–Crippen LogP) is 10.8. The lowest BCUT2D eigenvalue weighted by Crippen LogP contribution is -1.97. The largest absolute Gasteiger partial charge is 0.456 e. The van der Waals surface area contributed by atoms with Crippen molar-refractivity contribution in [3.8, 4) is 44.9 Å². The molecule has 0 aromatic heterocycles. The molecule has 0 N–H and O–H groups in total. The van der Waals surface area contributed by atoms with E-state index in [4.69, 9.17) is 4.74 Å². The zero-order chi connectivity index (χ0) is 25.5. The van der Waals surface area contributed by atoms with Gasteiger partial charge in [-0.15, -0.1) is 0 Å². The van der Waals surface area contributed by atoms with E-state index in [9.17, 15) is 0 Å². The maximum Gasteiger partial charge on any atom is 0.136 e. The smallest absolute Gasteiger partial charge is 0.136 e. The summed E-state index contributed by atoms with van der Waals surface area (Å²) in [7, 11) is 0. The molecule has 0 saturated carbocycles. The summed E-state index contributed by atoms with van der Waals surface area (Å²) in [6, 6.07) is 48.4. The van der Waals surface area contributed by atoms with Crippen LogP contribution in [0.3, 0.4) is 0 Å². The molecule has 1 nitrogen and oxygen atoms in total. The Morgan fingerprint density at radius 2 is 1.00 bits per heavy atom. The van der Waals surface area contributed by atoms with Gasteiger partial charge in [0, 0.05) is 10.9 Å². The quantitative estimate of drug-likeness (QED) is 0.217. The van der Waals surface area contributed by atoms with E-state index in [1.807, 2.05) is 6.07 Å². The van der Waals surface area contributed by atoms with Gasteiger partial charge in [-0.25, -0.2) is 0 Å². The van der Waals surface area contributed by atoms with E-state index < -0.39 is 0 Å². The predicted molar refractivity (Wildman–Crippen MR) is 164 cm³/mol. The van der Waals surface area contributed by atoms with Crippen LogP contribution in [0.15, 0.2) is 133 Å². The Morgan fingerprint density at radius 3 is 1.87 bits per heavy atom. The van der Waals surface area contributed by atoms with Gasteiger partial charge < -0.3 is 4.74 Å².